The first kappa shape index (κ1) is 44.9. The van der Waals surface area contributed by atoms with Gasteiger partial charge in [0.2, 0.25) is 0 Å². The van der Waals surface area contributed by atoms with E-state index < -0.39 is 20.9 Å². The van der Waals surface area contributed by atoms with Crippen LogP contribution in [-0.2, 0) is 22.9 Å². The summed E-state index contributed by atoms with van der Waals surface area (Å²) in [5.41, 5.74) is 6.82. The van der Waals surface area contributed by atoms with Crippen molar-refractivity contribution in [1.29, 1.82) is 0 Å². The summed E-state index contributed by atoms with van der Waals surface area (Å²) in [5.74, 6) is -0.236. The van der Waals surface area contributed by atoms with Crippen LogP contribution in [0.15, 0.2) is 89.6 Å². The van der Waals surface area contributed by atoms with E-state index in [0.717, 1.165) is 113 Å². The van der Waals surface area contributed by atoms with Crippen molar-refractivity contribution >= 4 is 55.5 Å². The van der Waals surface area contributed by atoms with Crippen LogP contribution in [0.4, 0.5) is 11.4 Å². The number of nitrogens with one attached hydrogen (secondary N) is 2. The van der Waals surface area contributed by atoms with Crippen molar-refractivity contribution in [3.63, 3.8) is 0 Å². The Morgan fingerprint density at radius 2 is 1.72 bits per heavy atom. The molecule has 2 N–H and O–H groups in total. The number of fused-ring (bicyclic) bond motifs is 2. The summed E-state index contributed by atoms with van der Waals surface area (Å²) in [7, 11) is -2.43. The highest BCUT2D eigenvalue weighted by molar-refractivity contribution is 7.90. The van der Waals surface area contributed by atoms with Crippen LogP contribution in [0, 0.1) is 21.4 Å². The monoisotopic (exact) mass is 920 g/mol. The molecule has 9 rings (SSSR count). The number of carbonyl (C=O) groups is 1. The van der Waals surface area contributed by atoms with Crippen LogP contribution in [0.1, 0.15) is 66.6 Å². The molecule has 14 nitrogen and oxygen atoms in total. The Hall–Kier alpha value is -5.32. The molecule has 4 aliphatic rings. The Bertz CT molecular complexity index is 2740. The van der Waals surface area contributed by atoms with Crippen molar-refractivity contribution in [2.24, 2.45) is 11.3 Å². The Kier molecular flexibility index (Phi) is 12.8. The van der Waals surface area contributed by atoms with Crippen LogP contribution in [0.2, 0.25) is 5.02 Å². The summed E-state index contributed by atoms with van der Waals surface area (Å²) in [6.45, 7) is 13.6. The van der Waals surface area contributed by atoms with Gasteiger partial charge in [-0.25, -0.2) is 18.1 Å². The van der Waals surface area contributed by atoms with Gasteiger partial charge in [-0.15, -0.1) is 0 Å². The van der Waals surface area contributed by atoms with E-state index in [9.17, 15) is 23.3 Å². The number of nitro benzene ring substituents is 1. The van der Waals surface area contributed by atoms with Crippen molar-refractivity contribution in [2.45, 2.75) is 57.3 Å². The molecular weight excluding hydrogens is 864 g/mol. The second kappa shape index (κ2) is 18.5. The molecule has 2 aromatic heterocycles. The molecule has 1 atom stereocenters. The van der Waals surface area contributed by atoms with Gasteiger partial charge in [0.05, 0.1) is 21.6 Å². The van der Waals surface area contributed by atoms with Gasteiger partial charge >= 0.3 is 0 Å². The maximum atomic E-state index is 14.1. The van der Waals surface area contributed by atoms with Crippen molar-refractivity contribution in [1.82, 2.24) is 29.4 Å². The predicted molar refractivity (Wildman–Crippen MR) is 254 cm³/mol. The minimum absolute atomic E-state index is 0.00774. The number of allylic oxidation sites excluding steroid dienone is 1. The largest absolute Gasteiger partial charge is 0.455 e. The zero-order valence-electron chi connectivity index (χ0n) is 37.3. The highest BCUT2D eigenvalue weighted by Gasteiger charge is 2.34. The van der Waals surface area contributed by atoms with Gasteiger partial charge in [0, 0.05) is 98.9 Å². The minimum atomic E-state index is -4.54. The van der Waals surface area contributed by atoms with E-state index in [1.807, 2.05) is 24.3 Å². The SMILES string of the molecule is CN1CCN(CC[C@H]2Cc3cc(S(=O)(=O)NC(=O)c4ccc(N5CCN(CC6=C(c7ccc(Cl)cc7)CC(C)(C)CC6)CC5)cc4Oc4cnc5[nH]ccc5c4)cc([N+](=O)[O-])c3C2)CC1. The van der Waals surface area contributed by atoms with Crippen molar-refractivity contribution in [3.05, 3.63) is 122 Å². The molecule has 1 amide bonds. The fourth-order valence-corrected chi connectivity index (χ4v) is 11.1. The number of likely N-dealkylation sites (N-methyl/N-ethyl adjacent to an activating group) is 1. The number of sulfonamides is 1. The van der Waals surface area contributed by atoms with Gasteiger partial charge in [0.1, 0.15) is 17.1 Å². The molecule has 0 spiro atoms. The first-order valence-corrected chi connectivity index (χ1v) is 24.5. The zero-order chi connectivity index (χ0) is 45.5. The number of nitro groups is 1. The number of pyridine rings is 1. The van der Waals surface area contributed by atoms with E-state index in [0.29, 0.717) is 35.4 Å². The van der Waals surface area contributed by atoms with Gasteiger partial charge in [-0.05, 0) is 123 Å². The lowest BCUT2D eigenvalue weighted by atomic mass is 9.72. The number of H-pyrrole nitrogens is 1. The van der Waals surface area contributed by atoms with Crippen LogP contribution in [-0.4, -0.2) is 116 Å². The lowest BCUT2D eigenvalue weighted by molar-refractivity contribution is -0.385. The van der Waals surface area contributed by atoms with Crippen molar-refractivity contribution < 1.29 is 22.9 Å². The summed E-state index contributed by atoms with van der Waals surface area (Å²) in [5, 5.41) is 13.9. The molecule has 5 aromatic rings. The Labute approximate surface area is 385 Å². The first-order chi connectivity index (χ1) is 31.2. The van der Waals surface area contributed by atoms with Crippen LogP contribution in [0.5, 0.6) is 11.5 Å². The Balaban J connectivity index is 0.925. The number of nitrogens with zero attached hydrogens (tertiary/aromatic N) is 6. The third kappa shape index (κ3) is 10.2. The highest BCUT2D eigenvalue weighted by Crippen LogP contribution is 2.44. The quantitative estimate of drug-likeness (QED) is 0.0868. The molecular formula is C49H57ClN8O6S. The number of ether oxygens (including phenoxy) is 1. The van der Waals surface area contributed by atoms with E-state index >= 15 is 0 Å². The smallest absolute Gasteiger partial charge is 0.274 e. The number of carbonyl (C=O) groups excluding carboxylic acids is 1. The zero-order valence-corrected chi connectivity index (χ0v) is 38.9. The van der Waals surface area contributed by atoms with Gasteiger partial charge in [0.15, 0.2) is 0 Å². The molecule has 0 radical (unpaired) electrons. The van der Waals surface area contributed by atoms with Crippen LogP contribution >= 0.6 is 11.6 Å². The van der Waals surface area contributed by atoms with Gasteiger partial charge in [-0.1, -0.05) is 43.2 Å². The van der Waals surface area contributed by atoms with Gasteiger partial charge in [-0.3, -0.25) is 19.8 Å². The molecule has 0 saturated carbocycles. The second-order valence-electron chi connectivity index (χ2n) is 19.0. The number of aromatic amines is 1. The van der Waals surface area contributed by atoms with E-state index in [1.165, 1.54) is 22.8 Å². The van der Waals surface area contributed by atoms with Crippen molar-refractivity contribution in [2.75, 3.05) is 77.4 Å². The molecule has 342 valence electrons. The standard InChI is InChI=1S/C49H57ClN8O6S/c1-49(2)13-10-36(44(30-49)34-4-6-38(50)7-5-34)32-56-20-22-57(23-21-56)39-8-9-42(46(28-39)64-40-26-35-11-14-51-47(35)52-31-40)48(59)53-65(62,63)41-27-37-24-33(25-43(37)45(29-41)58(60)61)12-15-55-18-16-54(3)17-19-55/h4-9,11,14,26-29,31,33H,10,12-13,15-25,30,32H2,1-3H3,(H,51,52)(H,53,59)/t33-/m0/s1. The third-order valence-electron chi connectivity index (χ3n) is 13.8. The number of piperazine rings is 2. The minimum Gasteiger partial charge on any atom is -0.455 e. The Morgan fingerprint density at radius 1 is 0.969 bits per heavy atom. The van der Waals surface area contributed by atoms with Crippen LogP contribution in [0.25, 0.3) is 16.6 Å². The molecule has 2 aliphatic carbocycles. The van der Waals surface area contributed by atoms with Gasteiger partial charge in [-0.2, -0.15) is 0 Å². The topological polar surface area (TPSA) is 157 Å². The number of amides is 1. The molecule has 4 heterocycles. The normalized spacial score (nSPS) is 19.7. The summed E-state index contributed by atoms with van der Waals surface area (Å²) >= 11 is 6.26. The second-order valence-corrected chi connectivity index (χ2v) is 21.2. The summed E-state index contributed by atoms with van der Waals surface area (Å²) in [6.07, 6.45) is 8.44. The number of anilines is 1. The lowest BCUT2D eigenvalue weighted by Gasteiger charge is -2.39. The summed E-state index contributed by atoms with van der Waals surface area (Å²) in [6, 6.07) is 19.6. The van der Waals surface area contributed by atoms with Gasteiger partial charge < -0.3 is 24.4 Å². The molecule has 2 saturated heterocycles. The molecule has 65 heavy (non-hydrogen) atoms. The van der Waals surface area contributed by atoms with Crippen LogP contribution < -0.4 is 14.4 Å². The van der Waals surface area contributed by atoms with E-state index in [2.05, 4.69) is 67.3 Å². The summed E-state index contributed by atoms with van der Waals surface area (Å²) < 4.78 is 36.6. The maximum absolute atomic E-state index is 14.1. The molecule has 2 fully saturated rings. The van der Waals surface area contributed by atoms with E-state index in [4.69, 9.17) is 16.3 Å². The van der Waals surface area contributed by atoms with Gasteiger partial charge in [0.25, 0.3) is 21.6 Å². The number of benzene rings is 3. The maximum Gasteiger partial charge on any atom is 0.274 e. The highest BCUT2D eigenvalue weighted by atomic mass is 35.5. The number of aromatic nitrogens is 2. The predicted octanol–water partition coefficient (Wildman–Crippen LogP) is 8.17. The molecule has 16 heteroatoms. The lowest BCUT2D eigenvalue weighted by Crippen LogP contribution is -2.47. The number of halogens is 1. The molecule has 0 unspecified atom stereocenters. The molecule has 0 bridgehead atoms. The summed E-state index contributed by atoms with van der Waals surface area (Å²) in [4.78, 5) is 42.6. The number of hydrogen-bond donors (Lipinski definition) is 2. The first-order valence-electron chi connectivity index (χ1n) is 22.6. The average Bonchev–Trinajstić information content (AvgIpc) is 3.93. The van der Waals surface area contributed by atoms with E-state index in [-0.39, 0.29) is 33.2 Å². The number of hydrogen-bond acceptors (Lipinski definition) is 11. The average molecular weight is 922 g/mol. The number of rotatable bonds is 13. The molecule has 3 aromatic carbocycles. The van der Waals surface area contributed by atoms with E-state index in [1.54, 1.807) is 30.6 Å². The third-order valence-corrected chi connectivity index (χ3v) is 15.4. The molecule has 2 aliphatic heterocycles. The fraction of sp³-hybridized carbons (Fsp3) is 0.429. The Morgan fingerprint density at radius 3 is 2.48 bits per heavy atom. The van der Waals surface area contributed by atoms with Crippen molar-refractivity contribution in [3.8, 4) is 11.5 Å². The van der Waals surface area contributed by atoms with Crippen LogP contribution in [0.3, 0.4) is 0 Å². The fourth-order valence-electron chi connectivity index (χ4n) is 9.95.